The van der Waals surface area contributed by atoms with Crippen molar-refractivity contribution in [2.24, 2.45) is 0 Å². The summed E-state index contributed by atoms with van der Waals surface area (Å²) in [5.41, 5.74) is 1.82. The molecule has 4 nitrogen and oxygen atoms in total. The van der Waals surface area contributed by atoms with Crippen molar-refractivity contribution >= 4 is 11.6 Å². The average Bonchev–Trinajstić information content (AvgIpc) is 3.22. The fourth-order valence-electron chi connectivity index (χ4n) is 1.90. The third-order valence-electron chi connectivity index (χ3n) is 3.30. The number of amides is 1. The van der Waals surface area contributed by atoms with E-state index in [0.717, 1.165) is 36.8 Å². The number of anilines is 1. The maximum absolute atomic E-state index is 11.9. The summed E-state index contributed by atoms with van der Waals surface area (Å²) in [7, 11) is 3.98. The van der Waals surface area contributed by atoms with Gasteiger partial charge in [-0.25, -0.2) is 0 Å². The Morgan fingerprint density at radius 2 is 1.89 bits per heavy atom. The predicted molar refractivity (Wildman–Crippen MR) is 78.7 cm³/mol. The zero-order valence-electron chi connectivity index (χ0n) is 11.8. The zero-order valence-corrected chi connectivity index (χ0v) is 11.8. The average molecular weight is 261 g/mol. The number of carbonyl (C=O) groups excluding carboxylic acids is 1. The van der Waals surface area contributed by atoms with E-state index in [-0.39, 0.29) is 5.91 Å². The Labute approximate surface area is 115 Å². The van der Waals surface area contributed by atoms with E-state index in [2.05, 4.69) is 10.6 Å². The van der Waals surface area contributed by atoms with Gasteiger partial charge in [0, 0.05) is 37.9 Å². The quantitative estimate of drug-likeness (QED) is 0.733. The lowest BCUT2D eigenvalue weighted by Crippen LogP contribution is -2.27. The molecule has 0 radical (unpaired) electrons. The number of hydrogen-bond acceptors (Lipinski definition) is 3. The Bertz CT molecular complexity index is 410. The molecule has 0 saturated heterocycles. The van der Waals surface area contributed by atoms with Crippen molar-refractivity contribution in [3.8, 4) is 0 Å². The van der Waals surface area contributed by atoms with Crippen LogP contribution in [0.15, 0.2) is 24.3 Å². The van der Waals surface area contributed by atoms with Crippen LogP contribution in [-0.2, 0) is 0 Å². The van der Waals surface area contributed by atoms with E-state index in [1.165, 1.54) is 12.8 Å². The molecule has 0 spiro atoms. The fourth-order valence-corrected chi connectivity index (χ4v) is 1.90. The van der Waals surface area contributed by atoms with Crippen molar-refractivity contribution in [2.45, 2.75) is 25.3 Å². The fraction of sp³-hybridized carbons (Fsp3) is 0.533. The van der Waals surface area contributed by atoms with Gasteiger partial charge in [-0.2, -0.15) is 0 Å². The normalized spacial score (nSPS) is 14.2. The Morgan fingerprint density at radius 1 is 1.21 bits per heavy atom. The number of nitrogens with one attached hydrogen (secondary N) is 2. The molecule has 1 aromatic carbocycles. The molecule has 0 heterocycles. The van der Waals surface area contributed by atoms with E-state index in [9.17, 15) is 4.79 Å². The molecular weight excluding hydrogens is 238 g/mol. The molecule has 0 atom stereocenters. The molecule has 1 saturated carbocycles. The minimum absolute atomic E-state index is 0.0109. The number of nitrogens with zero attached hydrogens (tertiary/aromatic N) is 1. The van der Waals surface area contributed by atoms with Gasteiger partial charge in [-0.1, -0.05) is 0 Å². The molecule has 0 aliphatic heterocycles. The summed E-state index contributed by atoms with van der Waals surface area (Å²) >= 11 is 0. The number of rotatable bonds is 7. The van der Waals surface area contributed by atoms with Gasteiger partial charge in [0.25, 0.3) is 5.91 Å². The van der Waals surface area contributed by atoms with Gasteiger partial charge in [-0.05, 0) is 50.1 Å². The van der Waals surface area contributed by atoms with Crippen LogP contribution in [0.5, 0.6) is 0 Å². The highest BCUT2D eigenvalue weighted by atomic mass is 16.1. The number of benzene rings is 1. The topological polar surface area (TPSA) is 44.4 Å². The first-order valence-electron chi connectivity index (χ1n) is 6.96. The van der Waals surface area contributed by atoms with Crippen LogP contribution in [0.4, 0.5) is 5.69 Å². The van der Waals surface area contributed by atoms with Crippen LogP contribution in [0.2, 0.25) is 0 Å². The number of carbonyl (C=O) groups is 1. The van der Waals surface area contributed by atoms with Crippen LogP contribution in [0.1, 0.15) is 29.6 Å². The van der Waals surface area contributed by atoms with Gasteiger partial charge in [-0.15, -0.1) is 0 Å². The lowest BCUT2D eigenvalue weighted by Gasteiger charge is -2.12. The predicted octanol–water partition coefficient (Wildman–Crippen LogP) is 1.62. The van der Waals surface area contributed by atoms with Gasteiger partial charge in [0.15, 0.2) is 0 Å². The summed E-state index contributed by atoms with van der Waals surface area (Å²) in [5.74, 6) is 0.0109. The molecule has 4 heteroatoms. The first-order valence-corrected chi connectivity index (χ1v) is 6.96. The zero-order chi connectivity index (χ0) is 13.7. The molecule has 2 N–H and O–H groups in total. The molecule has 1 amide bonds. The van der Waals surface area contributed by atoms with Crippen molar-refractivity contribution in [3.05, 3.63) is 29.8 Å². The molecule has 0 bridgehead atoms. The third-order valence-corrected chi connectivity index (χ3v) is 3.30. The number of hydrogen-bond donors (Lipinski definition) is 2. The monoisotopic (exact) mass is 261 g/mol. The van der Waals surface area contributed by atoms with Crippen LogP contribution in [-0.4, -0.2) is 39.1 Å². The van der Waals surface area contributed by atoms with E-state index in [1.807, 2.05) is 43.3 Å². The Morgan fingerprint density at radius 3 is 2.47 bits per heavy atom. The first-order chi connectivity index (χ1) is 9.16. The van der Waals surface area contributed by atoms with Crippen LogP contribution in [0.25, 0.3) is 0 Å². The summed E-state index contributed by atoms with van der Waals surface area (Å²) in [6.07, 6.45) is 3.60. The van der Waals surface area contributed by atoms with Gasteiger partial charge >= 0.3 is 0 Å². The van der Waals surface area contributed by atoms with E-state index in [4.69, 9.17) is 0 Å². The standard InChI is InChI=1S/C15H23N3O/c1-18(2)14-8-4-12(5-9-14)15(19)17-11-3-10-16-13-6-7-13/h4-5,8-9,13,16H,3,6-7,10-11H2,1-2H3,(H,17,19). The molecule has 1 aliphatic carbocycles. The van der Waals surface area contributed by atoms with Crippen molar-refractivity contribution in [2.75, 3.05) is 32.1 Å². The third kappa shape index (κ3) is 4.56. The van der Waals surface area contributed by atoms with Crippen LogP contribution in [0.3, 0.4) is 0 Å². The molecule has 19 heavy (non-hydrogen) atoms. The van der Waals surface area contributed by atoms with Crippen molar-refractivity contribution in [1.82, 2.24) is 10.6 Å². The van der Waals surface area contributed by atoms with Gasteiger partial charge in [0.05, 0.1) is 0 Å². The second kappa shape index (κ2) is 6.57. The summed E-state index contributed by atoms with van der Waals surface area (Å²) in [5, 5.41) is 6.38. The van der Waals surface area contributed by atoms with Crippen LogP contribution in [0, 0.1) is 0 Å². The van der Waals surface area contributed by atoms with Gasteiger partial charge in [-0.3, -0.25) is 4.79 Å². The highest BCUT2D eigenvalue weighted by Gasteiger charge is 2.19. The van der Waals surface area contributed by atoms with Gasteiger partial charge in [0.2, 0.25) is 0 Å². The van der Waals surface area contributed by atoms with E-state index >= 15 is 0 Å². The SMILES string of the molecule is CN(C)c1ccc(C(=O)NCCCNC2CC2)cc1. The molecule has 0 aromatic heterocycles. The van der Waals surface area contributed by atoms with Crippen molar-refractivity contribution in [3.63, 3.8) is 0 Å². The highest BCUT2D eigenvalue weighted by Crippen LogP contribution is 2.18. The maximum Gasteiger partial charge on any atom is 0.251 e. The van der Waals surface area contributed by atoms with E-state index in [1.54, 1.807) is 0 Å². The lowest BCUT2D eigenvalue weighted by atomic mass is 10.2. The van der Waals surface area contributed by atoms with Crippen LogP contribution >= 0.6 is 0 Å². The summed E-state index contributed by atoms with van der Waals surface area (Å²) in [4.78, 5) is 13.9. The smallest absolute Gasteiger partial charge is 0.251 e. The van der Waals surface area contributed by atoms with E-state index in [0.29, 0.717) is 0 Å². The summed E-state index contributed by atoms with van der Waals surface area (Å²) < 4.78 is 0. The Hall–Kier alpha value is -1.55. The largest absolute Gasteiger partial charge is 0.378 e. The minimum atomic E-state index is 0.0109. The second-order valence-electron chi connectivity index (χ2n) is 5.28. The Kier molecular flexibility index (Phi) is 4.80. The molecule has 1 aromatic rings. The van der Waals surface area contributed by atoms with Crippen molar-refractivity contribution < 1.29 is 4.79 Å². The summed E-state index contributed by atoms with van der Waals surface area (Å²) in [6.45, 7) is 1.72. The molecule has 0 unspecified atom stereocenters. The van der Waals surface area contributed by atoms with Gasteiger partial charge in [0.1, 0.15) is 0 Å². The maximum atomic E-state index is 11.9. The second-order valence-corrected chi connectivity index (χ2v) is 5.28. The van der Waals surface area contributed by atoms with Crippen LogP contribution < -0.4 is 15.5 Å². The molecule has 2 rings (SSSR count). The molecule has 1 aliphatic rings. The van der Waals surface area contributed by atoms with Crippen molar-refractivity contribution in [1.29, 1.82) is 0 Å². The van der Waals surface area contributed by atoms with E-state index < -0.39 is 0 Å². The lowest BCUT2D eigenvalue weighted by molar-refractivity contribution is 0.0953. The summed E-state index contributed by atoms with van der Waals surface area (Å²) in [6, 6.07) is 8.40. The first kappa shape index (κ1) is 13.9. The van der Waals surface area contributed by atoms with Gasteiger partial charge < -0.3 is 15.5 Å². The molecular formula is C15H23N3O. The Balaban J connectivity index is 1.69. The minimum Gasteiger partial charge on any atom is -0.378 e. The molecule has 1 fully saturated rings. The molecule has 104 valence electrons. The highest BCUT2D eigenvalue weighted by molar-refractivity contribution is 5.94.